The second kappa shape index (κ2) is 38.4. The number of hydrogen-bond acceptors (Lipinski definition) is 18. The molecule has 0 radical (unpaired) electrons. The molecule has 1 amide bonds. The first-order valence-electron chi connectivity index (χ1n) is 28.3. The van der Waals surface area contributed by atoms with Gasteiger partial charge in [-0.25, -0.2) is 0 Å². The number of rotatable bonds is 41. The first-order valence-corrected chi connectivity index (χ1v) is 28.3. The summed E-state index contributed by atoms with van der Waals surface area (Å²) in [6, 6.07) is -0.877. The van der Waals surface area contributed by atoms with E-state index in [2.05, 4.69) is 19.2 Å². The first kappa shape index (κ1) is 65.1. The maximum absolute atomic E-state index is 13.1. The Balaban J connectivity index is 1.45. The van der Waals surface area contributed by atoms with Crippen molar-refractivity contribution in [3.63, 3.8) is 0 Å². The fourth-order valence-corrected chi connectivity index (χ4v) is 9.96. The minimum atomic E-state index is -1.97. The summed E-state index contributed by atoms with van der Waals surface area (Å²) in [6.45, 7) is 1.71. The largest absolute Gasteiger partial charge is 0.394 e. The lowest BCUT2D eigenvalue weighted by Crippen LogP contribution is -2.66. The van der Waals surface area contributed by atoms with Crippen molar-refractivity contribution in [2.75, 3.05) is 26.4 Å². The number of ether oxygens (including phenoxy) is 6. The van der Waals surface area contributed by atoms with E-state index >= 15 is 0 Å². The van der Waals surface area contributed by atoms with Gasteiger partial charge >= 0.3 is 0 Å². The highest BCUT2D eigenvalue weighted by Gasteiger charge is 2.53. The Bertz CT molecular complexity index is 1340. The fraction of sp³-hybridized carbons (Fsp3) is 0.981. The molecule has 0 aromatic heterocycles. The normalized spacial score (nSPS) is 31.9. The molecule has 72 heavy (non-hydrogen) atoms. The Morgan fingerprint density at radius 2 is 0.792 bits per heavy atom. The lowest BCUT2D eigenvalue weighted by Gasteiger charge is -2.48. The summed E-state index contributed by atoms with van der Waals surface area (Å²) in [4.78, 5) is 13.1. The van der Waals surface area contributed by atoms with Crippen LogP contribution in [0.15, 0.2) is 0 Å². The van der Waals surface area contributed by atoms with Crippen LogP contribution in [0.25, 0.3) is 0 Å². The van der Waals surface area contributed by atoms with Gasteiger partial charge in [0.15, 0.2) is 18.9 Å². The Hall–Kier alpha value is -1.21. The van der Waals surface area contributed by atoms with Crippen molar-refractivity contribution in [3.05, 3.63) is 0 Å². The zero-order chi connectivity index (χ0) is 52.7. The molecule has 19 heteroatoms. The number of aliphatic hydroxyl groups is 11. The zero-order valence-corrected chi connectivity index (χ0v) is 43.9. The molecule has 0 aromatic rings. The average molecular weight is 1040 g/mol. The molecule has 17 atom stereocenters. The second-order valence-corrected chi connectivity index (χ2v) is 20.8. The minimum Gasteiger partial charge on any atom is -0.394 e. The summed E-state index contributed by atoms with van der Waals surface area (Å²) in [5.74, 6) is -0.251. The van der Waals surface area contributed by atoms with Gasteiger partial charge in [0.05, 0.1) is 38.6 Å². The van der Waals surface area contributed by atoms with E-state index in [-0.39, 0.29) is 18.9 Å². The Kier molecular flexibility index (Phi) is 34.7. The number of aliphatic hydroxyl groups excluding tert-OH is 11. The highest BCUT2D eigenvalue weighted by Crippen LogP contribution is 2.33. The molecule has 0 saturated carbocycles. The smallest absolute Gasteiger partial charge is 0.220 e. The van der Waals surface area contributed by atoms with Crippen LogP contribution in [0.3, 0.4) is 0 Å². The van der Waals surface area contributed by atoms with E-state index in [1.54, 1.807) is 0 Å². The molecular weight excluding hydrogens is 939 g/mol. The lowest BCUT2D eigenvalue weighted by molar-refractivity contribution is -0.379. The van der Waals surface area contributed by atoms with E-state index in [1.807, 2.05) is 0 Å². The van der Waals surface area contributed by atoms with E-state index in [0.29, 0.717) is 12.8 Å². The van der Waals surface area contributed by atoms with Crippen molar-refractivity contribution in [2.24, 2.45) is 0 Å². The predicted molar refractivity (Wildman–Crippen MR) is 268 cm³/mol. The summed E-state index contributed by atoms with van der Waals surface area (Å²) in [5.41, 5.74) is 0. The van der Waals surface area contributed by atoms with Crippen LogP contribution in [0.5, 0.6) is 0 Å². The molecule has 3 heterocycles. The van der Waals surface area contributed by atoms with Crippen molar-refractivity contribution in [2.45, 2.75) is 304 Å². The molecule has 426 valence electrons. The van der Waals surface area contributed by atoms with Gasteiger partial charge in [-0.3, -0.25) is 4.79 Å². The van der Waals surface area contributed by atoms with Gasteiger partial charge in [0.2, 0.25) is 5.91 Å². The van der Waals surface area contributed by atoms with Gasteiger partial charge in [-0.15, -0.1) is 0 Å². The van der Waals surface area contributed by atoms with Crippen LogP contribution >= 0.6 is 0 Å². The maximum atomic E-state index is 13.1. The number of nitrogens with one attached hydrogen (secondary N) is 1. The average Bonchev–Trinajstić information content (AvgIpc) is 3.38. The third-order valence-electron chi connectivity index (χ3n) is 14.7. The molecule has 3 aliphatic rings. The summed E-state index contributed by atoms with van der Waals surface area (Å²) >= 11 is 0. The van der Waals surface area contributed by atoms with Crippen molar-refractivity contribution >= 4 is 5.91 Å². The monoisotopic (exact) mass is 1040 g/mol. The van der Waals surface area contributed by atoms with Crippen LogP contribution in [0.1, 0.15) is 200 Å². The van der Waals surface area contributed by atoms with Crippen LogP contribution < -0.4 is 5.32 Å². The third kappa shape index (κ3) is 23.2. The Labute approximate surface area is 430 Å². The van der Waals surface area contributed by atoms with E-state index < -0.39 is 124 Å². The molecule has 3 aliphatic heterocycles. The fourth-order valence-electron chi connectivity index (χ4n) is 9.96. The van der Waals surface area contributed by atoms with Gasteiger partial charge < -0.3 is 89.9 Å². The first-order chi connectivity index (χ1) is 34.8. The van der Waals surface area contributed by atoms with Crippen molar-refractivity contribution < 1.29 is 89.4 Å². The SMILES string of the molecule is CCCCCCCCCCCCCCCCCCCCCCCC(O)C(COC1OC(CO)C(OC2OC(CO)C(OC3OC(CO)C(O)C(O)C3O)C(O)C2O)C(O)C1O)NC(=O)CCCCCCCC. The summed E-state index contributed by atoms with van der Waals surface area (Å²) in [5, 5.41) is 120. The molecule has 3 saturated heterocycles. The summed E-state index contributed by atoms with van der Waals surface area (Å²) in [7, 11) is 0. The van der Waals surface area contributed by atoms with Crippen LogP contribution in [0.4, 0.5) is 0 Å². The minimum absolute atomic E-state index is 0.251. The predicted octanol–water partition coefficient (Wildman–Crippen LogP) is 3.65. The molecule has 19 nitrogen and oxygen atoms in total. The Morgan fingerprint density at radius 3 is 1.21 bits per heavy atom. The Morgan fingerprint density at radius 1 is 0.444 bits per heavy atom. The van der Waals surface area contributed by atoms with Crippen LogP contribution in [-0.2, 0) is 33.2 Å². The third-order valence-corrected chi connectivity index (χ3v) is 14.7. The second-order valence-electron chi connectivity index (χ2n) is 20.8. The van der Waals surface area contributed by atoms with E-state index in [4.69, 9.17) is 28.4 Å². The topological polar surface area (TPSA) is 307 Å². The molecule has 17 unspecified atom stereocenters. The number of carbonyl (C=O) groups is 1. The molecule has 3 rings (SSSR count). The van der Waals surface area contributed by atoms with Gasteiger partial charge in [-0.1, -0.05) is 181 Å². The van der Waals surface area contributed by atoms with Gasteiger partial charge in [0, 0.05) is 6.42 Å². The summed E-state index contributed by atoms with van der Waals surface area (Å²) < 4.78 is 34.1. The van der Waals surface area contributed by atoms with Gasteiger partial charge in [-0.2, -0.15) is 0 Å². The van der Waals surface area contributed by atoms with Crippen molar-refractivity contribution in [1.29, 1.82) is 0 Å². The molecular formula is C53H101NO18. The van der Waals surface area contributed by atoms with Crippen LogP contribution in [0, 0.1) is 0 Å². The van der Waals surface area contributed by atoms with Crippen LogP contribution in [-0.4, -0.2) is 193 Å². The van der Waals surface area contributed by atoms with Gasteiger partial charge in [0.1, 0.15) is 73.2 Å². The number of unbranched alkanes of at least 4 members (excludes halogenated alkanes) is 25. The van der Waals surface area contributed by atoms with Crippen molar-refractivity contribution in [3.8, 4) is 0 Å². The molecule has 0 spiro atoms. The maximum Gasteiger partial charge on any atom is 0.220 e. The molecule has 3 fully saturated rings. The van der Waals surface area contributed by atoms with E-state index in [9.17, 15) is 61.0 Å². The van der Waals surface area contributed by atoms with Crippen LogP contribution in [0.2, 0.25) is 0 Å². The van der Waals surface area contributed by atoms with E-state index in [1.165, 1.54) is 109 Å². The quantitative estimate of drug-likeness (QED) is 0.0389. The zero-order valence-electron chi connectivity index (χ0n) is 43.9. The van der Waals surface area contributed by atoms with Crippen molar-refractivity contribution in [1.82, 2.24) is 5.32 Å². The highest BCUT2D eigenvalue weighted by molar-refractivity contribution is 5.76. The number of hydrogen-bond donors (Lipinski definition) is 12. The number of carbonyl (C=O) groups excluding carboxylic acids is 1. The standard InChI is InChI=1S/C53H101NO18/c1-3-5-7-9-11-12-13-14-15-16-17-18-19-20-21-22-23-24-25-26-28-30-37(58)36(54-41(59)31-29-27-10-8-6-4-2)35-67-51-47(65)44(62)49(39(33-56)69-51)72-53-48(66)45(63)50(40(34-57)70-53)71-52-46(64)43(61)42(60)38(32-55)68-52/h36-40,42-53,55-58,60-66H,3-35H2,1-2H3,(H,54,59). The van der Waals surface area contributed by atoms with Gasteiger partial charge in [-0.05, 0) is 12.8 Å². The van der Waals surface area contributed by atoms with E-state index in [0.717, 1.165) is 57.8 Å². The molecule has 0 aromatic carbocycles. The lowest BCUT2D eigenvalue weighted by atomic mass is 9.96. The number of amides is 1. The molecule has 0 aliphatic carbocycles. The molecule has 0 bridgehead atoms. The summed E-state index contributed by atoms with van der Waals surface area (Å²) in [6.07, 6.45) is 6.80. The van der Waals surface area contributed by atoms with Gasteiger partial charge in [0.25, 0.3) is 0 Å². The molecule has 12 N–H and O–H groups in total. The highest BCUT2D eigenvalue weighted by atomic mass is 16.8.